The summed E-state index contributed by atoms with van der Waals surface area (Å²) in [7, 11) is -0.0630. The second kappa shape index (κ2) is 4.73. The molecule has 1 aromatic heterocycles. The molecule has 1 rings (SSSR count). The second-order valence-electron chi connectivity index (χ2n) is 3.29. The SMILES string of the molecule is CNCCN(C)S(=O)(=O)c1cn[nH]c1C. The molecule has 6 nitrogen and oxygen atoms in total. The number of aryl methyl sites for hydroxylation is 1. The molecule has 86 valence electrons. The third kappa shape index (κ3) is 2.55. The maximum absolute atomic E-state index is 12.0. The summed E-state index contributed by atoms with van der Waals surface area (Å²) in [6, 6.07) is 0. The number of nitrogens with zero attached hydrogens (tertiary/aromatic N) is 2. The molecular formula is C8H16N4O2S. The van der Waals surface area contributed by atoms with E-state index >= 15 is 0 Å². The molecule has 15 heavy (non-hydrogen) atoms. The molecule has 1 heterocycles. The largest absolute Gasteiger partial charge is 0.318 e. The number of aromatic nitrogens is 2. The topological polar surface area (TPSA) is 78.1 Å². The van der Waals surface area contributed by atoms with Crippen molar-refractivity contribution in [2.24, 2.45) is 0 Å². The maximum Gasteiger partial charge on any atom is 0.246 e. The van der Waals surface area contributed by atoms with Gasteiger partial charge in [-0.2, -0.15) is 9.40 Å². The van der Waals surface area contributed by atoms with Gasteiger partial charge in [-0.25, -0.2) is 8.42 Å². The predicted octanol–water partition coefficient (Wildman–Crippen LogP) is -0.442. The number of sulfonamides is 1. The Morgan fingerprint density at radius 3 is 2.73 bits per heavy atom. The van der Waals surface area contributed by atoms with E-state index in [4.69, 9.17) is 0 Å². The number of aromatic amines is 1. The average molecular weight is 232 g/mol. The third-order valence-electron chi connectivity index (χ3n) is 2.15. The van der Waals surface area contributed by atoms with E-state index in [-0.39, 0.29) is 4.90 Å². The quantitative estimate of drug-likeness (QED) is 0.721. The summed E-state index contributed by atoms with van der Waals surface area (Å²) in [4.78, 5) is 0.237. The molecule has 0 unspecified atom stereocenters. The lowest BCUT2D eigenvalue weighted by Crippen LogP contribution is -2.33. The first kappa shape index (κ1) is 12.2. The Balaban J connectivity index is 2.88. The van der Waals surface area contributed by atoms with Gasteiger partial charge in [-0.3, -0.25) is 5.10 Å². The molecule has 0 atom stereocenters. The number of likely N-dealkylation sites (N-methyl/N-ethyl adjacent to an activating group) is 2. The molecule has 0 radical (unpaired) electrons. The minimum atomic E-state index is -3.40. The number of rotatable bonds is 5. The van der Waals surface area contributed by atoms with Crippen molar-refractivity contribution < 1.29 is 8.42 Å². The van der Waals surface area contributed by atoms with Crippen LogP contribution in [0.25, 0.3) is 0 Å². The number of hydrogen-bond acceptors (Lipinski definition) is 4. The van der Waals surface area contributed by atoms with Gasteiger partial charge >= 0.3 is 0 Å². The van der Waals surface area contributed by atoms with E-state index < -0.39 is 10.0 Å². The van der Waals surface area contributed by atoms with E-state index in [1.807, 2.05) is 0 Å². The van der Waals surface area contributed by atoms with Crippen LogP contribution in [0, 0.1) is 6.92 Å². The van der Waals surface area contributed by atoms with Crippen molar-refractivity contribution in [1.82, 2.24) is 19.8 Å². The summed E-state index contributed by atoms with van der Waals surface area (Å²) < 4.78 is 25.2. The van der Waals surface area contributed by atoms with E-state index in [9.17, 15) is 8.42 Å². The van der Waals surface area contributed by atoms with Crippen LogP contribution < -0.4 is 5.32 Å². The van der Waals surface area contributed by atoms with Crippen molar-refractivity contribution >= 4 is 10.0 Å². The van der Waals surface area contributed by atoms with Gasteiger partial charge in [0, 0.05) is 20.1 Å². The molecule has 0 aliphatic rings. The highest BCUT2D eigenvalue weighted by atomic mass is 32.2. The monoisotopic (exact) mass is 232 g/mol. The first-order valence-corrected chi connectivity index (χ1v) is 6.05. The molecule has 7 heteroatoms. The predicted molar refractivity (Wildman–Crippen MR) is 57.1 cm³/mol. The van der Waals surface area contributed by atoms with Gasteiger partial charge < -0.3 is 5.32 Å². The molecule has 2 N–H and O–H groups in total. The third-order valence-corrected chi connectivity index (χ3v) is 4.12. The van der Waals surface area contributed by atoms with E-state index in [1.54, 1.807) is 21.0 Å². The first-order valence-electron chi connectivity index (χ1n) is 4.61. The summed E-state index contributed by atoms with van der Waals surface area (Å²) in [5.74, 6) is 0. The second-order valence-corrected chi connectivity index (χ2v) is 5.30. The van der Waals surface area contributed by atoms with Gasteiger partial charge in [0.15, 0.2) is 0 Å². The molecular weight excluding hydrogens is 216 g/mol. The van der Waals surface area contributed by atoms with Crippen LogP contribution >= 0.6 is 0 Å². The lowest BCUT2D eigenvalue weighted by atomic mass is 10.5. The van der Waals surface area contributed by atoms with Gasteiger partial charge in [-0.05, 0) is 14.0 Å². The van der Waals surface area contributed by atoms with Crippen molar-refractivity contribution in [1.29, 1.82) is 0 Å². The molecule has 0 amide bonds. The molecule has 0 saturated heterocycles. The highest BCUT2D eigenvalue weighted by Gasteiger charge is 2.23. The minimum absolute atomic E-state index is 0.237. The van der Waals surface area contributed by atoms with Crippen LogP contribution in [0.2, 0.25) is 0 Å². The molecule has 0 aliphatic heterocycles. The highest BCUT2D eigenvalue weighted by Crippen LogP contribution is 2.15. The Kier molecular flexibility index (Phi) is 3.83. The molecule has 0 saturated carbocycles. The maximum atomic E-state index is 12.0. The van der Waals surface area contributed by atoms with Gasteiger partial charge in [-0.15, -0.1) is 0 Å². The van der Waals surface area contributed by atoms with E-state index in [2.05, 4.69) is 15.5 Å². The van der Waals surface area contributed by atoms with Gasteiger partial charge in [0.25, 0.3) is 0 Å². The Morgan fingerprint density at radius 1 is 1.60 bits per heavy atom. The van der Waals surface area contributed by atoms with Crippen molar-refractivity contribution in [3.05, 3.63) is 11.9 Å². The Bertz CT molecular complexity index is 412. The van der Waals surface area contributed by atoms with Crippen LogP contribution in [-0.4, -0.2) is 50.1 Å². The summed E-state index contributed by atoms with van der Waals surface area (Å²) in [6.45, 7) is 2.74. The van der Waals surface area contributed by atoms with Crippen LogP contribution in [0.1, 0.15) is 5.69 Å². The van der Waals surface area contributed by atoms with Gasteiger partial charge in [0.05, 0.1) is 11.9 Å². The molecule has 0 aromatic carbocycles. The Labute approximate surface area is 89.7 Å². The van der Waals surface area contributed by atoms with E-state index in [0.29, 0.717) is 18.8 Å². The molecule has 1 aromatic rings. The van der Waals surface area contributed by atoms with Crippen LogP contribution in [0.3, 0.4) is 0 Å². The summed E-state index contributed by atoms with van der Waals surface area (Å²) in [5, 5.41) is 9.22. The minimum Gasteiger partial charge on any atom is -0.318 e. The van der Waals surface area contributed by atoms with Crippen molar-refractivity contribution in [2.45, 2.75) is 11.8 Å². The number of hydrogen-bond donors (Lipinski definition) is 2. The molecule has 0 bridgehead atoms. The van der Waals surface area contributed by atoms with Crippen molar-refractivity contribution in [3.8, 4) is 0 Å². The zero-order valence-corrected chi connectivity index (χ0v) is 9.93. The van der Waals surface area contributed by atoms with Gasteiger partial charge in [0.1, 0.15) is 4.90 Å². The Hall–Kier alpha value is -0.920. The summed E-state index contributed by atoms with van der Waals surface area (Å²) in [6.07, 6.45) is 1.33. The average Bonchev–Trinajstić information content (AvgIpc) is 2.61. The van der Waals surface area contributed by atoms with Gasteiger partial charge in [0.2, 0.25) is 10.0 Å². The van der Waals surface area contributed by atoms with Crippen LogP contribution in [0.15, 0.2) is 11.1 Å². The fourth-order valence-corrected chi connectivity index (χ4v) is 2.44. The van der Waals surface area contributed by atoms with E-state index in [0.717, 1.165) is 0 Å². The lowest BCUT2D eigenvalue weighted by molar-refractivity contribution is 0.465. The smallest absolute Gasteiger partial charge is 0.246 e. The lowest BCUT2D eigenvalue weighted by Gasteiger charge is -2.16. The zero-order valence-electron chi connectivity index (χ0n) is 9.11. The fourth-order valence-electron chi connectivity index (χ4n) is 1.16. The number of nitrogens with one attached hydrogen (secondary N) is 2. The van der Waals surface area contributed by atoms with E-state index in [1.165, 1.54) is 10.5 Å². The molecule has 0 fully saturated rings. The highest BCUT2D eigenvalue weighted by molar-refractivity contribution is 7.89. The number of H-pyrrole nitrogens is 1. The molecule has 0 spiro atoms. The van der Waals surface area contributed by atoms with Crippen molar-refractivity contribution in [2.75, 3.05) is 27.2 Å². The van der Waals surface area contributed by atoms with Crippen LogP contribution in [-0.2, 0) is 10.0 Å². The summed E-state index contributed by atoms with van der Waals surface area (Å²) in [5.41, 5.74) is 0.561. The standard InChI is InChI=1S/C8H16N4O2S/c1-7-8(6-10-11-7)15(13,14)12(3)5-4-9-2/h6,9H,4-5H2,1-3H3,(H,10,11). The summed E-state index contributed by atoms with van der Waals surface area (Å²) >= 11 is 0. The first-order chi connectivity index (χ1) is 7.00. The Morgan fingerprint density at radius 2 is 2.27 bits per heavy atom. The van der Waals surface area contributed by atoms with Gasteiger partial charge in [-0.1, -0.05) is 0 Å². The van der Waals surface area contributed by atoms with Crippen LogP contribution in [0.4, 0.5) is 0 Å². The normalized spacial score (nSPS) is 12.3. The zero-order chi connectivity index (χ0) is 11.5. The van der Waals surface area contributed by atoms with Crippen molar-refractivity contribution in [3.63, 3.8) is 0 Å². The molecule has 0 aliphatic carbocycles. The van der Waals surface area contributed by atoms with Crippen LogP contribution in [0.5, 0.6) is 0 Å². The fraction of sp³-hybridized carbons (Fsp3) is 0.625.